The van der Waals surface area contributed by atoms with Crippen LogP contribution in [0, 0.1) is 5.82 Å². The summed E-state index contributed by atoms with van der Waals surface area (Å²) >= 11 is 6.13. The highest BCUT2D eigenvalue weighted by atomic mass is 35.5. The summed E-state index contributed by atoms with van der Waals surface area (Å²) in [5.74, 6) is -0.739. The fraction of sp³-hybridized carbons (Fsp3) is 0.176. The molecule has 6 heteroatoms. The van der Waals surface area contributed by atoms with Gasteiger partial charge < -0.3 is 5.11 Å². The summed E-state index contributed by atoms with van der Waals surface area (Å²) in [5, 5.41) is 15.7. The maximum Gasteiger partial charge on any atom is 0.240 e. The molecule has 1 heterocycles. The number of halogens is 2. The zero-order chi connectivity index (χ0) is 16.6. The number of hydrazone groups is 1. The third kappa shape index (κ3) is 2.80. The Kier molecular flexibility index (Phi) is 4.05. The van der Waals surface area contributed by atoms with Crippen molar-refractivity contribution in [2.24, 2.45) is 5.10 Å². The number of rotatable bonds is 2. The van der Waals surface area contributed by atoms with Crippen LogP contribution in [-0.2, 0) is 4.79 Å². The number of para-hydroxylation sites is 1. The van der Waals surface area contributed by atoms with Gasteiger partial charge in [0.1, 0.15) is 11.6 Å². The average Bonchev–Trinajstić information content (AvgIpc) is 2.92. The predicted molar refractivity (Wildman–Crippen MR) is 85.9 cm³/mol. The molecule has 0 saturated heterocycles. The van der Waals surface area contributed by atoms with E-state index in [0.717, 1.165) is 0 Å². The van der Waals surface area contributed by atoms with E-state index in [0.29, 0.717) is 11.3 Å². The van der Waals surface area contributed by atoms with Crippen LogP contribution in [0.25, 0.3) is 0 Å². The molecule has 1 N–H and O–H groups in total. The maximum atomic E-state index is 14.2. The maximum absolute atomic E-state index is 14.2. The van der Waals surface area contributed by atoms with Crippen LogP contribution in [0.5, 0.6) is 5.75 Å². The van der Waals surface area contributed by atoms with E-state index in [1.807, 2.05) is 0 Å². The number of amides is 1. The quantitative estimate of drug-likeness (QED) is 0.907. The molecule has 0 spiro atoms. The van der Waals surface area contributed by atoms with Gasteiger partial charge in [-0.25, -0.2) is 9.40 Å². The molecule has 1 aliphatic rings. The molecule has 0 bridgehead atoms. The van der Waals surface area contributed by atoms with Gasteiger partial charge in [0.05, 0.1) is 11.8 Å². The summed E-state index contributed by atoms with van der Waals surface area (Å²) in [6.45, 7) is 1.36. The molecule has 0 radical (unpaired) electrons. The zero-order valence-electron chi connectivity index (χ0n) is 12.3. The van der Waals surface area contributed by atoms with Gasteiger partial charge in [-0.3, -0.25) is 4.79 Å². The first kappa shape index (κ1) is 15.5. The van der Waals surface area contributed by atoms with Gasteiger partial charge in [-0.2, -0.15) is 5.10 Å². The molecule has 1 amide bonds. The van der Waals surface area contributed by atoms with Crippen molar-refractivity contribution in [3.05, 3.63) is 64.4 Å². The molecule has 2 aromatic carbocycles. The van der Waals surface area contributed by atoms with Crippen molar-refractivity contribution in [2.75, 3.05) is 0 Å². The van der Waals surface area contributed by atoms with E-state index in [4.69, 9.17) is 11.6 Å². The van der Waals surface area contributed by atoms with Gasteiger partial charge in [0.2, 0.25) is 5.91 Å². The standard InChI is InChI=1S/C17H14ClFN2O2/c1-10(22)21-15(17-12(18)6-4-7-13(17)19)9-14(20-21)11-5-2-3-8-16(11)23/h2-8,15,23H,9H2,1H3. The van der Waals surface area contributed by atoms with E-state index in [1.165, 1.54) is 24.1 Å². The number of hydrogen-bond acceptors (Lipinski definition) is 3. The molecule has 0 fully saturated rings. The summed E-state index contributed by atoms with van der Waals surface area (Å²) in [5.41, 5.74) is 1.27. The first-order valence-electron chi connectivity index (χ1n) is 7.08. The molecule has 23 heavy (non-hydrogen) atoms. The second-order valence-electron chi connectivity index (χ2n) is 5.28. The van der Waals surface area contributed by atoms with Crippen LogP contribution in [0.4, 0.5) is 4.39 Å². The lowest BCUT2D eigenvalue weighted by Crippen LogP contribution is -2.25. The molecule has 4 nitrogen and oxygen atoms in total. The lowest BCUT2D eigenvalue weighted by atomic mass is 9.97. The Hall–Kier alpha value is -2.40. The minimum absolute atomic E-state index is 0.0648. The smallest absolute Gasteiger partial charge is 0.240 e. The van der Waals surface area contributed by atoms with Crippen molar-refractivity contribution in [1.82, 2.24) is 5.01 Å². The third-order valence-corrected chi connectivity index (χ3v) is 4.11. The Morgan fingerprint density at radius 2 is 2.04 bits per heavy atom. The summed E-state index contributed by atoms with van der Waals surface area (Å²) in [6.07, 6.45) is 0.276. The molecule has 0 aliphatic carbocycles. The lowest BCUT2D eigenvalue weighted by molar-refractivity contribution is -0.130. The van der Waals surface area contributed by atoms with Crippen LogP contribution < -0.4 is 0 Å². The number of aromatic hydroxyl groups is 1. The van der Waals surface area contributed by atoms with Crippen molar-refractivity contribution in [1.29, 1.82) is 0 Å². The van der Waals surface area contributed by atoms with Crippen molar-refractivity contribution in [2.45, 2.75) is 19.4 Å². The summed E-state index contributed by atoms with van der Waals surface area (Å²) in [6, 6.07) is 10.5. The number of carbonyl (C=O) groups is 1. The highest BCUT2D eigenvalue weighted by Gasteiger charge is 2.35. The van der Waals surface area contributed by atoms with Gasteiger partial charge in [-0.15, -0.1) is 0 Å². The van der Waals surface area contributed by atoms with E-state index in [9.17, 15) is 14.3 Å². The highest BCUT2D eigenvalue weighted by Crippen LogP contribution is 2.38. The van der Waals surface area contributed by atoms with Crippen molar-refractivity contribution in [3.63, 3.8) is 0 Å². The molecule has 118 valence electrons. The number of phenolic OH excluding ortho intramolecular Hbond substituents is 1. The fourth-order valence-electron chi connectivity index (χ4n) is 2.73. The average molecular weight is 333 g/mol. The molecule has 2 aromatic rings. The number of phenols is 1. The Morgan fingerprint density at radius 1 is 1.30 bits per heavy atom. The number of nitrogens with zero attached hydrogens (tertiary/aromatic N) is 2. The molecule has 1 aliphatic heterocycles. The molecule has 0 aromatic heterocycles. The van der Waals surface area contributed by atoms with E-state index in [2.05, 4.69) is 5.10 Å². The number of benzene rings is 2. The lowest BCUT2D eigenvalue weighted by Gasteiger charge is -2.21. The Balaban J connectivity index is 2.05. The summed E-state index contributed by atoms with van der Waals surface area (Å²) in [4.78, 5) is 11.9. The van der Waals surface area contributed by atoms with Gasteiger partial charge in [0.25, 0.3) is 0 Å². The molecule has 3 rings (SSSR count). The van der Waals surface area contributed by atoms with Crippen molar-refractivity contribution < 1.29 is 14.3 Å². The Labute approximate surface area is 137 Å². The first-order chi connectivity index (χ1) is 11.0. The van der Waals surface area contributed by atoms with Gasteiger partial charge in [-0.1, -0.05) is 29.8 Å². The van der Waals surface area contributed by atoms with Crippen LogP contribution in [0.1, 0.15) is 30.5 Å². The van der Waals surface area contributed by atoms with Crippen molar-refractivity contribution in [3.8, 4) is 5.75 Å². The van der Waals surface area contributed by atoms with Gasteiger partial charge >= 0.3 is 0 Å². The minimum atomic E-state index is -0.629. The van der Waals surface area contributed by atoms with Gasteiger partial charge in [0, 0.05) is 29.5 Å². The Bertz CT molecular complexity index is 787. The van der Waals surface area contributed by atoms with E-state index >= 15 is 0 Å². The monoisotopic (exact) mass is 332 g/mol. The molecular formula is C17H14ClFN2O2. The topological polar surface area (TPSA) is 52.9 Å². The van der Waals surface area contributed by atoms with Gasteiger partial charge in [0.15, 0.2) is 0 Å². The molecular weight excluding hydrogens is 319 g/mol. The van der Waals surface area contributed by atoms with E-state index in [1.54, 1.807) is 30.3 Å². The minimum Gasteiger partial charge on any atom is -0.507 e. The molecule has 0 saturated carbocycles. The SMILES string of the molecule is CC(=O)N1N=C(c2ccccc2O)CC1c1c(F)cccc1Cl. The second-order valence-corrected chi connectivity index (χ2v) is 5.69. The van der Waals surface area contributed by atoms with E-state index in [-0.39, 0.29) is 28.7 Å². The molecule has 1 unspecified atom stereocenters. The number of hydrogen-bond donors (Lipinski definition) is 1. The predicted octanol–water partition coefficient (Wildman–Crippen LogP) is 3.88. The Morgan fingerprint density at radius 3 is 2.70 bits per heavy atom. The zero-order valence-corrected chi connectivity index (χ0v) is 13.1. The highest BCUT2D eigenvalue weighted by molar-refractivity contribution is 6.31. The summed E-state index contributed by atoms with van der Waals surface area (Å²) < 4.78 is 14.2. The third-order valence-electron chi connectivity index (χ3n) is 3.78. The fourth-order valence-corrected chi connectivity index (χ4v) is 3.02. The van der Waals surface area contributed by atoms with Crippen LogP contribution in [0.15, 0.2) is 47.6 Å². The van der Waals surface area contributed by atoms with Crippen LogP contribution in [-0.4, -0.2) is 21.7 Å². The van der Waals surface area contributed by atoms with E-state index < -0.39 is 11.9 Å². The number of carbonyl (C=O) groups excluding carboxylic acids is 1. The first-order valence-corrected chi connectivity index (χ1v) is 7.46. The normalized spacial score (nSPS) is 17.3. The van der Waals surface area contributed by atoms with Crippen LogP contribution in [0.3, 0.4) is 0 Å². The van der Waals surface area contributed by atoms with Gasteiger partial charge in [-0.05, 0) is 24.3 Å². The second kappa shape index (κ2) is 6.01. The largest absolute Gasteiger partial charge is 0.507 e. The van der Waals surface area contributed by atoms with Crippen LogP contribution >= 0.6 is 11.6 Å². The van der Waals surface area contributed by atoms with Crippen molar-refractivity contribution >= 4 is 23.2 Å². The van der Waals surface area contributed by atoms with Crippen LogP contribution in [0.2, 0.25) is 5.02 Å². The molecule has 1 atom stereocenters. The summed E-state index contributed by atoms with van der Waals surface area (Å²) in [7, 11) is 0.